The highest BCUT2D eigenvalue weighted by molar-refractivity contribution is 8.02. The molecule has 1 aromatic heterocycles. The lowest BCUT2D eigenvalue weighted by molar-refractivity contribution is -0.117. The quantitative estimate of drug-likeness (QED) is 0.265. The fourth-order valence-corrected chi connectivity index (χ4v) is 4.73. The molecule has 2 N–H and O–H groups in total. The number of benzene rings is 2. The number of amides is 1. The monoisotopic (exact) mass is 483 g/mol. The van der Waals surface area contributed by atoms with Gasteiger partial charge in [-0.15, -0.1) is 23.1 Å². The van der Waals surface area contributed by atoms with Gasteiger partial charge < -0.3 is 15.4 Å². The zero-order chi connectivity index (χ0) is 22.8. The molecule has 0 saturated carbocycles. The molecule has 1 heterocycles. The number of ether oxygens (including phenoxy) is 1. The lowest BCUT2D eigenvalue weighted by atomic mass is 10.2. The Kier molecular flexibility index (Phi) is 9.05. The molecule has 3 aromatic rings. The summed E-state index contributed by atoms with van der Waals surface area (Å²) in [6, 6.07) is 20.9. The lowest BCUT2D eigenvalue weighted by Crippen LogP contribution is -2.25. The van der Waals surface area contributed by atoms with Crippen LogP contribution in [0.3, 0.4) is 0 Å². The van der Waals surface area contributed by atoms with Crippen LogP contribution in [-0.2, 0) is 17.1 Å². The molecule has 0 saturated heterocycles. The van der Waals surface area contributed by atoms with Gasteiger partial charge in [-0.2, -0.15) is 5.26 Å². The van der Waals surface area contributed by atoms with Gasteiger partial charge in [0, 0.05) is 15.7 Å². The number of nitrogens with one attached hydrogen (secondary N) is 2. The molecule has 164 valence electrons. The van der Waals surface area contributed by atoms with Crippen LogP contribution >= 0.6 is 34.7 Å². The number of nitriles is 1. The van der Waals surface area contributed by atoms with E-state index in [1.807, 2.05) is 73.0 Å². The second-order valence-corrected chi connectivity index (χ2v) is 8.94. The standard InChI is InChI=1S/C24H22ClN3O2S2/c1-2-30-22-12-6-5-11-21(22)28-24(32-16-17-8-3-4-10-20(17)25)19(14-26)23(29)27-15-18-9-7-13-31-18/h3-13,28H,2,15-16H2,1H3,(H,27,29)/b24-19+. The SMILES string of the molecule is CCOc1ccccc1N/C(SCc1ccccc1Cl)=C(/C#N)C(=O)NCc1cccs1. The molecule has 5 nitrogen and oxygen atoms in total. The van der Waals surface area contributed by atoms with Crippen molar-refractivity contribution in [2.24, 2.45) is 0 Å². The largest absolute Gasteiger partial charge is 0.492 e. The highest BCUT2D eigenvalue weighted by Crippen LogP contribution is 2.32. The fraction of sp³-hybridized carbons (Fsp3) is 0.167. The minimum Gasteiger partial charge on any atom is -0.492 e. The van der Waals surface area contributed by atoms with Gasteiger partial charge in [0.15, 0.2) is 0 Å². The number of hydrogen-bond acceptors (Lipinski definition) is 6. The topological polar surface area (TPSA) is 74.1 Å². The molecule has 2 aromatic carbocycles. The molecular weight excluding hydrogens is 462 g/mol. The number of rotatable bonds is 10. The smallest absolute Gasteiger partial charge is 0.264 e. The second kappa shape index (κ2) is 12.2. The van der Waals surface area contributed by atoms with Crippen LogP contribution in [0, 0.1) is 11.3 Å². The molecule has 32 heavy (non-hydrogen) atoms. The van der Waals surface area contributed by atoms with Crippen LogP contribution < -0.4 is 15.4 Å². The number of nitrogens with zero attached hydrogens (tertiary/aromatic N) is 1. The second-order valence-electron chi connectivity index (χ2n) is 6.51. The molecule has 0 radical (unpaired) electrons. The Labute approximate surface area is 201 Å². The van der Waals surface area contributed by atoms with Crippen molar-refractivity contribution in [3.05, 3.63) is 92.1 Å². The molecule has 3 rings (SSSR count). The summed E-state index contributed by atoms with van der Waals surface area (Å²) < 4.78 is 5.69. The number of thiophene rings is 1. The molecule has 0 aliphatic heterocycles. The zero-order valence-corrected chi connectivity index (χ0v) is 19.8. The Morgan fingerprint density at radius 2 is 1.94 bits per heavy atom. The van der Waals surface area contributed by atoms with Crippen molar-refractivity contribution >= 4 is 46.3 Å². The van der Waals surface area contributed by atoms with E-state index < -0.39 is 5.91 Å². The normalized spacial score (nSPS) is 11.3. The Hall–Kier alpha value is -2.92. The van der Waals surface area contributed by atoms with Crippen LogP contribution in [-0.4, -0.2) is 12.5 Å². The summed E-state index contributed by atoms with van der Waals surface area (Å²) in [5.41, 5.74) is 1.59. The van der Waals surface area contributed by atoms with Crippen molar-refractivity contribution in [1.82, 2.24) is 5.32 Å². The number of halogens is 1. The molecule has 0 bridgehead atoms. The fourth-order valence-electron chi connectivity index (χ4n) is 2.78. The Bertz CT molecular complexity index is 1120. The van der Waals surface area contributed by atoms with E-state index in [2.05, 4.69) is 16.7 Å². The number of carbonyl (C=O) groups is 1. The van der Waals surface area contributed by atoms with Gasteiger partial charge in [0.2, 0.25) is 0 Å². The number of carbonyl (C=O) groups excluding carboxylic acids is 1. The van der Waals surface area contributed by atoms with Gasteiger partial charge in [-0.05, 0) is 42.1 Å². The molecular formula is C24H22ClN3O2S2. The Morgan fingerprint density at radius 3 is 2.66 bits per heavy atom. The third-order valence-electron chi connectivity index (χ3n) is 4.33. The maximum Gasteiger partial charge on any atom is 0.264 e. The number of para-hydroxylation sites is 2. The minimum atomic E-state index is -0.441. The average Bonchev–Trinajstić information content (AvgIpc) is 3.32. The first-order valence-corrected chi connectivity index (χ1v) is 12.2. The molecule has 0 aliphatic carbocycles. The van der Waals surface area contributed by atoms with Crippen molar-refractivity contribution in [2.75, 3.05) is 11.9 Å². The number of anilines is 1. The van der Waals surface area contributed by atoms with Crippen LogP contribution in [0.15, 0.2) is 76.6 Å². The van der Waals surface area contributed by atoms with Crippen molar-refractivity contribution in [3.8, 4) is 11.8 Å². The van der Waals surface area contributed by atoms with E-state index >= 15 is 0 Å². The predicted octanol–water partition coefficient (Wildman–Crippen LogP) is 6.20. The Balaban J connectivity index is 1.89. The summed E-state index contributed by atoms with van der Waals surface area (Å²) in [7, 11) is 0. The van der Waals surface area contributed by atoms with E-state index in [-0.39, 0.29) is 5.57 Å². The van der Waals surface area contributed by atoms with Gasteiger partial charge in [0.05, 0.1) is 23.9 Å². The van der Waals surface area contributed by atoms with Gasteiger partial charge >= 0.3 is 0 Å². The van der Waals surface area contributed by atoms with E-state index in [0.29, 0.717) is 40.4 Å². The van der Waals surface area contributed by atoms with E-state index in [1.54, 1.807) is 11.3 Å². The van der Waals surface area contributed by atoms with E-state index in [9.17, 15) is 10.1 Å². The molecule has 8 heteroatoms. The minimum absolute atomic E-state index is 0.00455. The predicted molar refractivity (Wildman–Crippen MR) is 133 cm³/mol. The number of thioether (sulfide) groups is 1. The van der Waals surface area contributed by atoms with Crippen LogP contribution in [0.2, 0.25) is 5.02 Å². The first-order chi connectivity index (χ1) is 15.6. The van der Waals surface area contributed by atoms with Gasteiger partial charge in [-0.25, -0.2) is 0 Å². The van der Waals surface area contributed by atoms with E-state index in [4.69, 9.17) is 16.3 Å². The van der Waals surface area contributed by atoms with Crippen molar-refractivity contribution in [3.63, 3.8) is 0 Å². The summed E-state index contributed by atoms with van der Waals surface area (Å²) in [4.78, 5) is 13.9. The van der Waals surface area contributed by atoms with E-state index in [1.165, 1.54) is 11.8 Å². The molecule has 0 unspecified atom stereocenters. The Morgan fingerprint density at radius 1 is 1.16 bits per heavy atom. The molecule has 0 fully saturated rings. The molecule has 0 spiro atoms. The maximum atomic E-state index is 12.9. The van der Waals surface area contributed by atoms with E-state index in [0.717, 1.165) is 10.4 Å². The van der Waals surface area contributed by atoms with Crippen molar-refractivity contribution in [2.45, 2.75) is 19.2 Å². The van der Waals surface area contributed by atoms with Gasteiger partial charge in [-0.1, -0.05) is 48.0 Å². The highest BCUT2D eigenvalue weighted by Gasteiger charge is 2.18. The third-order valence-corrected chi connectivity index (χ3v) is 6.63. The maximum absolute atomic E-state index is 12.9. The molecule has 0 aliphatic rings. The molecule has 0 atom stereocenters. The van der Waals surface area contributed by atoms with Crippen molar-refractivity contribution < 1.29 is 9.53 Å². The first-order valence-electron chi connectivity index (χ1n) is 9.92. The van der Waals surface area contributed by atoms with Gasteiger partial charge in [0.25, 0.3) is 5.91 Å². The van der Waals surface area contributed by atoms with Gasteiger partial charge in [0.1, 0.15) is 17.4 Å². The number of hydrogen-bond donors (Lipinski definition) is 2. The summed E-state index contributed by atoms with van der Waals surface area (Å²) in [6.45, 7) is 2.76. The summed E-state index contributed by atoms with van der Waals surface area (Å²) >= 11 is 9.19. The molecule has 1 amide bonds. The van der Waals surface area contributed by atoms with Crippen LogP contribution in [0.4, 0.5) is 5.69 Å². The summed E-state index contributed by atoms with van der Waals surface area (Å²) in [5, 5.41) is 18.9. The van der Waals surface area contributed by atoms with Crippen LogP contribution in [0.25, 0.3) is 0 Å². The summed E-state index contributed by atoms with van der Waals surface area (Å²) in [5.74, 6) is 0.688. The van der Waals surface area contributed by atoms with Crippen LogP contribution in [0.5, 0.6) is 5.75 Å². The first kappa shape index (κ1) is 23.7. The van der Waals surface area contributed by atoms with Crippen molar-refractivity contribution in [1.29, 1.82) is 5.26 Å². The summed E-state index contributed by atoms with van der Waals surface area (Å²) in [6.07, 6.45) is 0. The lowest BCUT2D eigenvalue weighted by Gasteiger charge is -2.16. The van der Waals surface area contributed by atoms with Crippen LogP contribution in [0.1, 0.15) is 17.4 Å². The third kappa shape index (κ3) is 6.54. The van der Waals surface area contributed by atoms with Gasteiger partial charge in [-0.3, -0.25) is 4.79 Å². The highest BCUT2D eigenvalue weighted by atomic mass is 35.5. The average molecular weight is 484 g/mol. The zero-order valence-electron chi connectivity index (χ0n) is 17.4.